The van der Waals surface area contributed by atoms with Crippen LogP contribution >= 0.6 is 11.6 Å². The molecule has 28 heavy (non-hydrogen) atoms. The SMILES string of the molecule is CCOc1cc(/C=N/NC(=O)c2cc3ccccc3n2C)cc(Cl)c1OCC. The standard InChI is InChI=1S/C21H22ClN3O3/c1-4-27-19-11-14(10-16(22)20(19)28-5-2)13-23-24-21(26)18-12-15-8-6-7-9-17(15)25(18)3/h6-13H,4-5H2,1-3H3,(H,24,26)/b23-13+. The van der Waals surface area contributed by atoms with Crippen molar-refractivity contribution >= 4 is 34.6 Å². The van der Waals surface area contributed by atoms with Crippen LogP contribution in [0.2, 0.25) is 5.02 Å². The van der Waals surface area contributed by atoms with E-state index in [1.807, 2.05) is 55.8 Å². The zero-order chi connectivity index (χ0) is 20.1. The molecule has 0 aliphatic rings. The summed E-state index contributed by atoms with van der Waals surface area (Å²) in [6.07, 6.45) is 1.52. The molecule has 146 valence electrons. The lowest BCUT2D eigenvalue weighted by molar-refractivity contribution is 0.0947. The number of carbonyl (C=O) groups excluding carboxylic acids is 1. The van der Waals surface area contributed by atoms with Crippen molar-refractivity contribution in [2.75, 3.05) is 13.2 Å². The number of fused-ring (bicyclic) bond motifs is 1. The first kappa shape index (κ1) is 19.8. The molecule has 0 fully saturated rings. The van der Waals surface area contributed by atoms with Gasteiger partial charge in [0.1, 0.15) is 5.69 Å². The molecule has 1 aromatic heterocycles. The lowest BCUT2D eigenvalue weighted by atomic mass is 10.2. The monoisotopic (exact) mass is 399 g/mol. The minimum atomic E-state index is -0.294. The molecule has 3 rings (SSSR count). The Bertz CT molecular complexity index is 1030. The number of amides is 1. The molecule has 0 aliphatic heterocycles. The Morgan fingerprint density at radius 2 is 1.93 bits per heavy atom. The van der Waals surface area contributed by atoms with Gasteiger partial charge in [-0.25, -0.2) is 5.43 Å². The number of nitrogens with zero attached hydrogens (tertiary/aromatic N) is 2. The van der Waals surface area contributed by atoms with E-state index in [9.17, 15) is 4.79 Å². The Balaban J connectivity index is 1.78. The average Bonchev–Trinajstić information content (AvgIpc) is 3.02. The fraction of sp³-hybridized carbons (Fsp3) is 0.238. The average molecular weight is 400 g/mol. The van der Waals surface area contributed by atoms with E-state index in [1.165, 1.54) is 6.21 Å². The summed E-state index contributed by atoms with van der Waals surface area (Å²) < 4.78 is 13.0. The number of hydrazone groups is 1. The summed E-state index contributed by atoms with van der Waals surface area (Å²) >= 11 is 6.30. The highest BCUT2D eigenvalue weighted by Crippen LogP contribution is 2.36. The predicted molar refractivity (Wildman–Crippen MR) is 112 cm³/mol. The maximum Gasteiger partial charge on any atom is 0.287 e. The Kier molecular flexibility index (Phi) is 6.21. The van der Waals surface area contributed by atoms with Gasteiger partial charge in [0.2, 0.25) is 0 Å². The van der Waals surface area contributed by atoms with E-state index in [2.05, 4.69) is 10.5 Å². The van der Waals surface area contributed by atoms with Crippen molar-refractivity contribution < 1.29 is 14.3 Å². The fourth-order valence-corrected chi connectivity index (χ4v) is 3.21. The van der Waals surface area contributed by atoms with Gasteiger partial charge in [0.15, 0.2) is 11.5 Å². The van der Waals surface area contributed by atoms with Crippen LogP contribution < -0.4 is 14.9 Å². The number of ether oxygens (including phenoxy) is 2. The second-order valence-electron chi connectivity index (χ2n) is 6.04. The molecular weight excluding hydrogens is 378 g/mol. The van der Waals surface area contributed by atoms with Crippen molar-refractivity contribution in [3.63, 3.8) is 0 Å². The van der Waals surface area contributed by atoms with Crippen LogP contribution in [0.4, 0.5) is 0 Å². The molecule has 1 N–H and O–H groups in total. The molecule has 3 aromatic rings. The van der Waals surface area contributed by atoms with E-state index in [0.29, 0.717) is 41.0 Å². The van der Waals surface area contributed by atoms with Gasteiger partial charge in [-0.3, -0.25) is 4.79 Å². The van der Waals surface area contributed by atoms with Crippen LogP contribution in [0.5, 0.6) is 11.5 Å². The normalized spacial score (nSPS) is 11.1. The van der Waals surface area contributed by atoms with Crippen LogP contribution in [0.25, 0.3) is 10.9 Å². The van der Waals surface area contributed by atoms with E-state index in [1.54, 1.807) is 12.1 Å². The molecule has 7 heteroatoms. The van der Waals surface area contributed by atoms with Gasteiger partial charge in [0, 0.05) is 18.0 Å². The largest absolute Gasteiger partial charge is 0.490 e. The summed E-state index contributed by atoms with van der Waals surface area (Å²) in [6, 6.07) is 13.1. The van der Waals surface area contributed by atoms with Gasteiger partial charge < -0.3 is 14.0 Å². The molecule has 0 bridgehead atoms. The number of halogens is 1. The number of nitrogens with one attached hydrogen (secondary N) is 1. The first-order valence-corrected chi connectivity index (χ1v) is 9.40. The minimum absolute atomic E-state index is 0.294. The first-order chi connectivity index (χ1) is 13.5. The van der Waals surface area contributed by atoms with Gasteiger partial charge in [-0.2, -0.15) is 5.10 Å². The van der Waals surface area contributed by atoms with Crippen LogP contribution in [0, 0.1) is 0 Å². The Morgan fingerprint density at radius 1 is 1.18 bits per heavy atom. The van der Waals surface area contributed by atoms with Gasteiger partial charge in [-0.15, -0.1) is 0 Å². The molecule has 0 aliphatic carbocycles. The Labute approximate surface area is 168 Å². The summed E-state index contributed by atoms with van der Waals surface area (Å²) in [5.41, 5.74) is 4.75. The van der Waals surface area contributed by atoms with Crippen LogP contribution in [0.3, 0.4) is 0 Å². The van der Waals surface area contributed by atoms with Crippen LogP contribution in [0.15, 0.2) is 47.6 Å². The fourth-order valence-electron chi connectivity index (χ4n) is 2.94. The molecule has 2 aromatic carbocycles. The number of hydrogen-bond acceptors (Lipinski definition) is 4. The van der Waals surface area contributed by atoms with Crippen molar-refractivity contribution in [3.05, 3.63) is 58.7 Å². The number of rotatable bonds is 7. The quantitative estimate of drug-likeness (QED) is 0.473. The van der Waals surface area contributed by atoms with E-state index in [0.717, 1.165) is 10.9 Å². The third-order valence-corrected chi connectivity index (χ3v) is 4.47. The van der Waals surface area contributed by atoms with Crippen molar-refractivity contribution in [1.29, 1.82) is 0 Å². The van der Waals surface area contributed by atoms with Crippen LogP contribution in [-0.2, 0) is 7.05 Å². The van der Waals surface area contributed by atoms with Crippen molar-refractivity contribution in [2.24, 2.45) is 12.1 Å². The maximum absolute atomic E-state index is 12.5. The molecular formula is C21H22ClN3O3. The number of aryl methyl sites for hydroxylation is 1. The lowest BCUT2D eigenvalue weighted by Gasteiger charge is -2.13. The van der Waals surface area contributed by atoms with E-state index < -0.39 is 0 Å². The van der Waals surface area contributed by atoms with Crippen molar-refractivity contribution in [3.8, 4) is 11.5 Å². The minimum Gasteiger partial charge on any atom is -0.490 e. The highest BCUT2D eigenvalue weighted by atomic mass is 35.5. The van der Waals surface area contributed by atoms with E-state index in [-0.39, 0.29) is 5.91 Å². The summed E-state index contributed by atoms with van der Waals surface area (Å²) in [5, 5.41) is 5.48. The number of carbonyl (C=O) groups is 1. The number of hydrogen-bond donors (Lipinski definition) is 1. The van der Waals surface area contributed by atoms with Gasteiger partial charge in [0.05, 0.1) is 24.5 Å². The molecule has 0 atom stereocenters. The highest BCUT2D eigenvalue weighted by Gasteiger charge is 2.13. The number of benzene rings is 2. The summed E-state index contributed by atoms with van der Waals surface area (Å²) in [6.45, 7) is 4.72. The molecule has 1 amide bonds. The second kappa shape index (κ2) is 8.80. The summed E-state index contributed by atoms with van der Waals surface area (Å²) in [4.78, 5) is 12.5. The number of para-hydroxylation sites is 1. The van der Waals surface area contributed by atoms with Gasteiger partial charge in [0.25, 0.3) is 5.91 Å². The van der Waals surface area contributed by atoms with Gasteiger partial charge in [-0.05, 0) is 43.7 Å². The first-order valence-electron chi connectivity index (χ1n) is 9.02. The molecule has 0 spiro atoms. The van der Waals surface area contributed by atoms with E-state index >= 15 is 0 Å². The Morgan fingerprint density at radius 3 is 2.64 bits per heavy atom. The molecule has 6 nitrogen and oxygen atoms in total. The number of aromatic nitrogens is 1. The molecule has 1 heterocycles. The van der Waals surface area contributed by atoms with Gasteiger partial charge >= 0.3 is 0 Å². The van der Waals surface area contributed by atoms with Crippen LogP contribution in [0.1, 0.15) is 29.9 Å². The lowest BCUT2D eigenvalue weighted by Crippen LogP contribution is -2.20. The highest BCUT2D eigenvalue weighted by molar-refractivity contribution is 6.32. The second-order valence-corrected chi connectivity index (χ2v) is 6.45. The van der Waals surface area contributed by atoms with Crippen LogP contribution in [-0.4, -0.2) is 29.9 Å². The molecule has 0 unspecified atom stereocenters. The topological polar surface area (TPSA) is 64.8 Å². The molecule has 0 saturated heterocycles. The Hall–Kier alpha value is -2.99. The van der Waals surface area contributed by atoms with Crippen molar-refractivity contribution in [2.45, 2.75) is 13.8 Å². The summed E-state index contributed by atoms with van der Waals surface area (Å²) in [7, 11) is 1.85. The zero-order valence-electron chi connectivity index (χ0n) is 16.0. The predicted octanol–water partition coefficient (Wildman–Crippen LogP) is 4.39. The van der Waals surface area contributed by atoms with Gasteiger partial charge in [-0.1, -0.05) is 29.8 Å². The maximum atomic E-state index is 12.5. The van der Waals surface area contributed by atoms with Crippen molar-refractivity contribution in [1.82, 2.24) is 9.99 Å². The third-order valence-electron chi connectivity index (χ3n) is 4.18. The van der Waals surface area contributed by atoms with E-state index in [4.69, 9.17) is 21.1 Å². The molecule has 0 saturated carbocycles. The molecule has 0 radical (unpaired) electrons. The zero-order valence-corrected chi connectivity index (χ0v) is 16.8. The smallest absolute Gasteiger partial charge is 0.287 e. The third kappa shape index (κ3) is 4.12. The summed E-state index contributed by atoms with van der Waals surface area (Å²) in [5.74, 6) is 0.748.